The van der Waals surface area contributed by atoms with Crippen LogP contribution < -0.4 is 10.9 Å². The number of hydrogen-bond acceptors (Lipinski definition) is 4. The molecule has 2 aromatic heterocycles. The van der Waals surface area contributed by atoms with Gasteiger partial charge in [0.1, 0.15) is 11.3 Å². The average molecular weight is 398 g/mol. The summed E-state index contributed by atoms with van der Waals surface area (Å²) < 4.78 is 15.7. The Labute approximate surface area is 163 Å². The highest BCUT2D eigenvalue weighted by molar-refractivity contribution is 6.30. The van der Waals surface area contributed by atoms with E-state index < -0.39 is 11.7 Å². The summed E-state index contributed by atoms with van der Waals surface area (Å²) in [4.78, 5) is 29.7. The number of nitrogens with zero attached hydrogens (tertiary/aromatic N) is 4. The topological polar surface area (TPSA) is 81.8 Å². The molecule has 4 rings (SSSR count). The molecule has 4 aromatic rings. The molecular formula is C19H13ClFN5O2. The molecule has 0 unspecified atom stereocenters. The largest absolute Gasteiger partial charge is 0.321 e. The van der Waals surface area contributed by atoms with Crippen LogP contribution in [-0.4, -0.2) is 25.2 Å². The van der Waals surface area contributed by atoms with Gasteiger partial charge in [-0.2, -0.15) is 5.10 Å². The van der Waals surface area contributed by atoms with E-state index >= 15 is 0 Å². The van der Waals surface area contributed by atoms with E-state index in [0.29, 0.717) is 16.4 Å². The lowest BCUT2D eigenvalue weighted by molar-refractivity contribution is 0.102. The molecule has 2 aromatic carbocycles. The number of amides is 1. The minimum atomic E-state index is -0.571. The molecule has 7 nitrogen and oxygen atoms in total. The molecule has 0 atom stereocenters. The number of halogens is 2. The fourth-order valence-electron chi connectivity index (χ4n) is 2.76. The smallest absolute Gasteiger partial charge is 0.279 e. The molecule has 0 saturated heterocycles. The van der Waals surface area contributed by atoms with Gasteiger partial charge < -0.3 is 9.88 Å². The molecule has 2 heterocycles. The molecule has 0 spiro atoms. The summed E-state index contributed by atoms with van der Waals surface area (Å²) in [6.45, 7) is 0. The van der Waals surface area contributed by atoms with Gasteiger partial charge in [0, 0.05) is 17.8 Å². The van der Waals surface area contributed by atoms with Crippen LogP contribution in [0.2, 0.25) is 5.02 Å². The molecule has 0 aliphatic rings. The molecule has 1 amide bonds. The first-order chi connectivity index (χ1) is 13.4. The Morgan fingerprint density at radius 3 is 2.64 bits per heavy atom. The molecule has 0 aliphatic heterocycles. The number of carbonyl (C=O) groups excluding carboxylic acids is 1. The predicted octanol–water partition coefficient (Wildman–Crippen LogP) is 3.16. The van der Waals surface area contributed by atoms with Crippen molar-refractivity contribution < 1.29 is 9.18 Å². The van der Waals surface area contributed by atoms with E-state index in [0.717, 1.165) is 0 Å². The molecule has 28 heavy (non-hydrogen) atoms. The number of aromatic nitrogens is 4. The SMILES string of the molecule is Cn1cnc2c(C(=O)Nc3ccc(F)cc3)nn(-c3cccc(Cl)c3)c2c1=O. The summed E-state index contributed by atoms with van der Waals surface area (Å²) >= 11 is 6.06. The summed E-state index contributed by atoms with van der Waals surface area (Å²) in [5.41, 5.74) is 0.818. The summed E-state index contributed by atoms with van der Waals surface area (Å²) in [5, 5.41) is 7.40. The lowest BCUT2D eigenvalue weighted by Crippen LogP contribution is -2.19. The maximum Gasteiger partial charge on any atom is 0.279 e. The van der Waals surface area contributed by atoms with Crippen molar-refractivity contribution in [3.8, 4) is 5.69 Å². The Bertz CT molecular complexity index is 1260. The van der Waals surface area contributed by atoms with Crippen LogP contribution in [0.25, 0.3) is 16.7 Å². The second-order valence-electron chi connectivity index (χ2n) is 6.06. The average Bonchev–Trinajstić information content (AvgIpc) is 3.07. The zero-order valence-electron chi connectivity index (χ0n) is 14.6. The van der Waals surface area contributed by atoms with Crippen LogP contribution in [0, 0.1) is 5.82 Å². The third-order valence-electron chi connectivity index (χ3n) is 4.11. The van der Waals surface area contributed by atoms with Crippen molar-refractivity contribution in [1.82, 2.24) is 19.3 Å². The van der Waals surface area contributed by atoms with E-state index in [1.54, 1.807) is 31.3 Å². The molecule has 140 valence electrons. The van der Waals surface area contributed by atoms with Crippen LogP contribution >= 0.6 is 11.6 Å². The molecule has 9 heteroatoms. The molecule has 0 radical (unpaired) electrons. The Hall–Kier alpha value is -3.52. The minimum absolute atomic E-state index is 0.0306. The lowest BCUT2D eigenvalue weighted by Gasteiger charge is -2.04. The van der Waals surface area contributed by atoms with Gasteiger partial charge in [-0.3, -0.25) is 9.59 Å². The monoisotopic (exact) mass is 397 g/mol. The van der Waals surface area contributed by atoms with Crippen molar-refractivity contribution in [3.63, 3.8) is 0 Å². The summed E-state index contributed by atoms with van der Waals surface area (Å²) in [6.07, 6.45) is 1.32. The molecule has 0 saturated carbocycles. The fraction of sp³-hybridized carbons (Fsp3) is 0.0526. The van der Waals surface area contributed by atoms with Gasteiger partial charge in [0.15, 0.2) is 11.2 Å². The number of aryl methyl sites for hydroxylation is 1. The summed E-state index contributed by atoms with van der Waals surface area (Å²) in [7, 11) is 1.56. The predicted molar refractivity (Wildman–Crippen MR) is 103 cm³/mol. The van der Waals surface area contributed by atoms with E-state index in [1.165, 1.54) is 39.8 Å². The van der Waals surface area contributed by atoms with Crippen LogP contribution in [0.3, 0.4) is 0 Å². The Morgan fingerprint density at radius 2 is 1.93 bits per heavy atom. The fourth-order valence-corrected chi connectivity index (χ4v) is 2.94. The van der Waals surface area contributed by atoms with Gasteiger partial charge >= 0.3 is 0 Å². The lowest BCUT2D eigenvalue weighted by atomic mass is 10.2. The summed E-state index contributed by atoms with van der Waals surface area (Å²) in [5.74, 6) is -0.989. The number of anilines is 1. The van der Waals surface area contributed by atoms with Gasteiger partial charge in [-0.05, 0) is 42.5 Å². The van der Waals surface area contributed by atoms with Crippen LogP contribution in [-0.2, 0) is 7.05 Å². The minimum Gasteiger partial charge on any atom is -0.321 e. The van der Waals surface area contributed by atoms with Gasteiger partial charge in [-0.1, -0.05) is 17.7 Å². The van der Waals surface area contributed by atoms with E-state index in [4.69, 9.17) is 11.6 Å². The van der Waals surface area contributed by atoms with Crippen molar-refractivity contribution in [2.75, 3.05) is 5.32 Å². The summed E-state index contributed by atoms with van der Waals surface area (Å²) in [6, 6.07) is 12.1. The van der Waals surface area contributed by atoms with Crippen LogP contribution in [0.15, 0.2) is 59.7 Å². The number of nitrogens with one attached hydrogen (secondary N) is 1. The Kier molecular flexibility index (Phi) is 4.40. The van der Waals surface area contributed by atoms with Crippen LogP contribution in [0.4, 0.5) is 10.1 Å². The number of fused-ring (bicyclic) bond motifs is 1. The zero-order valence-corrected chi connectivity index (χ0v) is 15.3. The van der Waals surface area contributed by atoms with E-state index in [-0.39, 0.29) is 22.3 Å². The first kappa shape index (κ1) is 17.9. The number of rotatable bonds is 3. The molecule has 0 bridgehead atoms. The molecular weight excluding hydrogens is 385 g/mol. The first-order valence-electron chi connectivity index (χ1n) is 8.21. The van der Waals surface area contributed by atoms with Gasteiger partial charge in [0.2, 0.25) is 0 Å². The highest BCUT2D eigenvalue weighted by atomic mass is 35.5. The van der Waals surface area contributed by atoms with Gasteiger partial charge in [-0.15, -0.1) is 0 Å². The van der Waals surface area contributed by atoms with E-state index in [1.807, 2.05) is 0 Å². The number of benzene rings is 2. The first-order valence-corrected chi connectivity index (χ1v) is 8.59. The second-order valence-corrected chi connectivity index (χ2v) is 6.50. The highest BCUT2D eigenvalue weighted by Crippen LogP contribution is 2.21. The van der Waals surface area contributed by atoms with Crippen LogP contribution in [0.5, 0.6) is 0 Å². The van der Waals surface area contributed by atoms with E-state index in [2.05, 4.69) is 15.4 Å². The zero-order chi connectivity index (χ0) is 19.8. The quantitative estimate of drug-likeness (QED) is 0.575. The maximum atomic E-state index is 13.1. The van der Waals surface area contributed by atoms with Crippen molar-refractivity contribution >= 4 is 34.2 Å². The van der Waals surface area contributed by atoms with Crippen molar-refractivity contribution in [2.24, 2.45) is 7.05 Å². The number of carbonyl (C=O) groups is 1. The van der Waals surface area contributed by atoms with Crippen molar-refractivity contribution in [1.29, 1.82) is 0 Å². The van der Waals surface area contributed by atoms with Gasteiger partial charge in [0.25, 0.3) is 11.5 Å². The Morgan fingerprint density at radius 1 is 1.18 bits per heavy atom. The van der Waals surface area contributed by atoms with E-state index in [9.17, 15) is 14.0 Å². The van der Waals surface area contributed by atoms with Gasteiger partial charge in [-0.25, -0.2) is 14.1 Å². The van der Waals surface area contributed by atoms with Crippen molar-refractivity contribution in [3.05, 3.63) is 81.7 Å². The molecule has 1 N–H and O–H groups in total. The third kappa shape index (κ3) is 3.14. The molecule has 0 aliphatic carbocycles. The van der Waals surface area contributed by atoms with Gasteiger partial charge in [0.05, 0.1) is 12.0 Å². The normalized spacial score (nSPS) is 11.0. The Balaban J connectivity index is 1.87. The maximum absolute atomic E-state index is 13.1. The van der Waals surface area contributed by atoms with Crippen LogP contribution in [0.1, 0.15) is 10.5 Å². The standard InChI is InChI=1S/C19H13ClFN5O2/c1-25-10-22-15-16(18(27)23-13-7-5-12(21)6-8-13)24-26(17(15)19(25)28)14-4-2-3-11(20)9-14/h2-10H,1H3,(H,23,27). The highest BCUT2D eigenvalue weighted by Gasteiger charge is 2.22. The third-order valence-corrected chi connectivity index (χ3v) is 4.35. The molecule has 0 fully saturated rings. The second kappa shape index (κ2) is 6.90. The van der Waals surface area contributed by atoms with Crippen molar-refractivity contribution in [2.45, 2.75) is 0 Å². The number of hydrogen-bond donors (Lipinski definition) is 1.